The fourth-order valence-electron chi connectivity index (χ4n) is 1.64. The van der Waals surface area contributed by atoms with Gasteiger partial charge in [-0.15, -0.1) is 11.8 Å². The average molecular weight is 260 g/mol. The van der Waals surface area contributed by atoms with Crippen molar-refractivity contribution in [3.8, 4) is 11.8 Å². The summed E-state index contributed by atoms with van der Waals surface area (Å²) in [6, 6.07) is 0. The molecule has 1 aliphatic rings. The van der Waals surface area contributed by atoms with E-state index in [9.17, 15) is 15.3 Å². The number of ether oxygens (including phenoxy) is 2. The average Bonchev–Trinajstić information content (AvgIpc) is 2.38. The van der Waals surface area contributed by atoms with Gasteiger partial charge in [0.1, 0.15) is 24.4 Å². The maximum Gasteiger partial charge on any atom is 0.186 e. The monoisotopic (exact) mass is 260 g/mol. The van der Waals surface area contributed by atoms with Crippen LogP contribution in [0.1, 0.15) is 19.8 Å². The number of aliphatic hydroxyl groups is 4. The minimum Gasteiger partial charge on any atom is -0.394 e. The van der Waals surface area contributed by atoms with E-state index in [4.69, 9.17) is 14.6 Å². The quantitative estimate of drug-likeness (QED) is 0.367. The van der Waals surface area contributed by atoms with E-state index in [1.807, 2.05) is 6.92 Å². The van der Waals surface area contributed by atoms with Gasteiger partial charge in [-0.05, 0) is 0 Å². The number of rotatable bonds is 4. The summed E-state index contributed by atoms with van der Waals surface area (Å²) in [5, 5.41) is 37.7. The zero-order valence-corrected chi connectivity index (χ0v) is 10.3. The molecule has 0 bridgehead atoms. The molecule has 5 atom stereocenters. The molecule has 0 aliphatic carbocycles. The van der Waals surface area contributed by atoms with Crippen molar-refractivity contribution >= 4 is 0 Å². The van der Waals surface area contributed by atoms with Gasteiger partial charge in [0.05, 0.1) is 13.2 Å². The molecule has 6 heteroatoms. The van der Waals surface area contributed by atoms with E-state index in [1.165, 1.54) is 0 Å². The Balaban J connectivity index is 2.44. The first kappa shape index (κ1) is 15.4. The fraction of sp³-hybridized carbons (Fsp3) is 0.833. The lowest BCUT2D eigenvalue weighted by molar-refractivity contribution is -0.300. The lowest BCUT2D eigenvalue weighted by Crippen LogP contribution is -2.59. The van der Waals surface area contributed by atoms with Gasteiger partial charge in [-0.1, -0.05) is 6.92 Å². The highest BCUT2D eigenvalue weighted by Gasteiger charge is 2.43. The molecule has 0 aromatic heterocycles. The molecule has 6 nitrogen and oxygen atoms in total. The molecule has 0 unspecified atom stereocenters. The van der Waals surface area contributed by atoms with Gasteiger partial charge in [-0.2, -0.15) is 0 Å². The SMILES string of the molecule is CCC#CCCO[C@@H]1O[C@H](CO)[C@@H](O)[C@H](O)[C@H]1O. The van der Waals surface area contributed by atoms with Crippen LogP contribution in [-0.4, -0.2) is 64.3 Å². The van der Waals surface area contributed by atoms with Gasteiger partial charge in [0.15, 0.2) is 6.29 Å². The van der Waals surface area contributed by atoms with E-state index in [0.29, 0.717) is 6.42 Å². The minimum absolute atomic E-state index is 0.246. The van der Waals surface area contributed by atoms with Gasteiger partial charge in [0, 0.05) is 12.8 Å². The molecule has 104 valence electrons. The second-order valence-electron chi connectivity index (χ2n) is 4.03. The summed E-state index contributed by atoms with van der Waals surface area (Å²) < 4.78 is 10.4. The fourth-order valence-corrected chi connectivity index (χ4v) is 1.64. The third-order valence-electron chi connectivity index (χ3n) is 2.66. The van der Waals surface area contributed by atoms with Crippen molar-refractivity contribution in [1.29, 1.82) is 0 Å². The molecule has 0 aromatic carbocycles. The van der Waals surface area contributed by atoms with Gasteiger partial charge in [0.25, 0.3) is 0 Å². The highest BCUT2D eigenvalue weighted by molar-refractivity contribution is 4.97. The molecular formula is C12H20O6. The van der Waals surface area contributed by atoms with Crippen LogP contribution in [-0.2, 0) is 9.47 Å². The molecule has 1 aliphatic heterocycles. The summed E-state index contributed by atoms with van der Waals surface area (Å²) in [7, 11) is 0. The largest absolute Gasteiger partial charge is 0.394 e. The van der Waals surface area contributed by atoms with Crippen molar-refractivity contribution in [3.05, 3.63) is 0 Å². The van der Waals surface area contributed by atoms with Crippen LogP contribution in [0.15, 0.2) is 0 Å². The van der Waals surface area contributed by atoms with E-state index < -0.39 is 37.3 Å². The second-order valence-corrected chi connectivity index (χ2v) is 4.03. The van der Waals surface area contributed by atoms with Crippen LogP contribution in [0.2, 0.25) is 0 Å². The Morgan fingerprint density at radius 3 is 2.44 bits per heavy atom. The molecule has 1 heterocycles. The number of hydrogen-bond donors (Lipinski definition) is 4. The van der Waals surface area contributed by atoms with Crippen LogP contribution in [0.5, 0.6) is 0 Å². The molecule has 1 rings (SSSR count). The molecule has 0 amide bonds. The minimum atomic E-state index is -1.40. The summed E-state index contributed by atoms with van der Waals surface area (Å²) in [5.74, 6) is 5.73. The Morgan fingerprint density at radius 2 is 1.83 bits per heavy atom. The topological polar surface area (TPSA) is 99.4 Å². The van der Waals surface area contributed by atoms with Gasteiger partial charge >= 0.3 is 0 Å². The summed E-state index contributed by atoms with van der Waals surface area (Å²) in [6.45, 7) is 1.72. The predicted molar refractivity (Wildman–Crippen MR) is 62.4 cm³/mol. The van der Waals surface area contributed by atoms with Gasteiger partial charge < -0.3 is 29.9 Å². The van der Waals surface area contributed by atoms with E-state index in [0.717, 1.165) is 6.42 Å². The van der Waals surface area contributed by atoms with Crippen LogP contribution >= 0.6 is 0 Å². The van der Waals surface area contributed by atoms with Gasteiger partial charge in [-0.25, -0.2) is 0 Å². The Labute approximate surface area is 106 Å². The maximum atomic E-state index is 9.65. The van der Waals surface area contributed by atoms with Crippen LogP contribution < -0.4 is 0 Å². The molecule has 1 saturated heterocycles. The predicted octanol–water partition coefficient (Wildman–Crippen LogP) is -1.39. The third-order valence-corrected chi connectivity index (χ3v) is 2.66. The van der Waals surface area contributed by atoms with E-state index >= 15 is 0 Å². The number of hydrogen-bond acceptors (Lipinski definition) is 6. The highest BCUT2D eigenvalue weighted by atomic mass is 16.7. The van der Waals surface area contributed by atoms with Crippen molar-refractivity contribution < 1.29 is 29.9 Å². The van der Waals surface area contributed by atoms with Crippen LogP contribution in [0.4, 0.5) is 0 Å². The normalized spacial score (nSPS) is 35.9. The maximum absolute atomic E-state index is 9.65. The summed E-state index contributed by atoms with van der Waals surface area (Å²) >= 11 is 0. The van der Waals surface area contributed by atoms with E-state index in [1.54, 1.807) is 0 Å². The smallest absolute Gasteiger partial charge is 0.186 e. The molecule has 0 saturated carbocycles. The molecule has 1 fully saturated rings. The molecule has 18 heavy (non-hydrogen) atoms. The van der Waals surface area contributed by atoms with Crippen LogP contribution in [0.25, 0.3) is 0 Å². The zero-order chi connectivity index (χ0) is 13.5. The molecule has 0 radical (unpaired) electrons. The Hall–Kier alpha value is -0.680. The Kier molecular flexibility index (Phi) is 6.57. The van der Waals surface area contributed by atoms with Gasteiger partial charge in [-0.3, -0.25) is 0 Å². The van der Waals surface area contributed by atoms with E-state index in [2.05, 4.69) is 11.8 Å². The molecule has 0 spiro atoms. The molecule has 0 aromatic rings. The first-order valence-electron chi connectivity index (χ1n) is 5.99. The summed E-state index contributed by atoms with van der Waals surface area (Å²) in [6.07, 6.45) is -4.85. The lowest BCUT2D eigenvalue weighted by Gasteiger charge is -2.39. The highest BCUT2D eigenvalue weighted by Crippen LogP contribution is 2.21. The first-order chi connectivity index (χ1) is 8.61. The van der Waals surface area contributed by atoms with Crippen molar-refractivity contribution in [3.63, 3.8) is 0 Å². The second kappa shape index (κ2) is 7.69. The lowest BCUT2D eigenvalue weighted by atomic mass is 9.99. The van der Waals surface area contributed by atoms with Gasteiger partial charge in [0.2, 0.25) is 0 Å². The van der Waals surface area contributed by atoms with Crippen molar-refractivity contribution in [2.75, 3.05) is 13.2 Å². The Bertz CT molecular complexity index is 295. The van der Waals surface area contributed by atoms with Crippen LogP contribution in [0, 0.1) is 11.8 Å². The summed E-state index contributed by atoms with van der Waals surface area (Å²) in [5.41, 5.74) is 0. The van der Waals surface area contributed by atoms with Crippen LogP contribution in [0.3, 0.4) is 0 Å². The first-order valence-corrected chi connectivity index (χ1v) is 5.99. The number of aliphatic hydroxyl groups excluding tert-OH is 4. The van der Waals surface area contributed by atoms with E-state index in [-0.39, 0.29) is 6.61 Å². The molecular weight excluding hydrogens is 240 g/mol. The standard InChI is InChI=1S/C12H20O6/c1-2-3-4-5-6-17-12-11(16)10(15)9(14)8(7-13)18-12/h8-16H,2,5-7H2,1H3/t8-,9-,10+,11-,12-/m1/s1. The summed E-state index contributed by atoms with van der Waals surface area (Å²) in [4.78, 5) is 0. The zero-order valence-electron chi connectivity index (χ0n) is 10.3. The van der Waals surface area contributed by atoms with Crippen molar-refractivity contribution in [1.82, 2.24) is 0 Å². The molecule has 4 N–H and O–H groups in total. The van der Waals surface area contributed by atoms with Crippen molar-refractivity contribution in [2.24, 2.45) is 0 Å². The Morgan fingerprint density at radius 1 is 1.11 bits per heavy atom. The third kappa shape index (κ3) is 3.92. The van der Waals surface area contributed by atoms with Crippen molar-refractivity contribution in [2.45, 2.75) is 50.5 Å².